The summed E-state index contributed by atoms with van der Waals surface area (Å²) >= 11 is 2.30. The van der Waals surface area contributed by atoms with Crippen LogP contribution in [0.4, 0.5) is 5.00 Å². The van der Waals surface area contributed by atoms with Crippen LogP contribution in [0.15, 0.2) is 47.8 Å². The van der Waals surface area contributed by atoms with Crippen LogP contribution in [0.25, 0.3) is 0 Å². The second-order valence-corrected chi connectivity index (χ2v) is 8.25. The minimum absolute atomic E-state index is 0.182. The van der Waals surface area contributed by atoms with Gasteiger partial charge in [0.1, 0.15) is 9.88 Å². The normalized spacial score (nSPS) is 10.5. The van der Waals surface area contributed by atoms with E-state index < -0.39 is 11.9 Å². The Morgan fingerprint density at radius 2 is 1.77 bits per heavy atom. The molecule has 3 rings (SSSR count). The average Bonchev–Trinajstić information content (AvgIpc) is 3.37. The van der Waals surface area contributed by atoms with Crippen molar-refractivity contribution in [1.29, 1.82) is 0 Å². The number of amides is 1. The van der Waals surface area contributed by atoms with Gasteiger partial charge in [-0.1, -0.05) is 36.4 Å². The maximum Gasteiger partial charge on any atom is 0.348 e. The van der Waals surface area contributed by atoms with Gasteiger partial charge in [0.25, 0.3) is 5.91 Å². The van der Waals surface area contributed by atoms with E-state index in [1.54, 1.807) is 31.4 Å². The standard InChI is InChI=1S/C22H21NO5S2/c1-3-27-21(25)17-14(2)18(22(26)28-12-11-15-8-5-4-6-9-15)30-20(17)23-19(24)16-10-7-13-29-16/h4-10,13H,3,11-12H2,1-2H3,(H,23,24). The number of hydrogen-bond donors (Lipinski definition) is 1. The van der Waals surface area contributed by atoms with Crippen LogP contribution in [-0.2, 0) is 15.9 Å². The van der Waals surface area contributed by atoms with E-state index in [4.69, 9.17) is 9.47 Å². The van der Waals surface area contributed by atoms with Crippen molar-refractivity contribution in [1.82, 2.24) is 0 Å². The maximum atomic E-state index is 12.6. The van der Waals surface area contributed by atoms with Gasteiger partial charge in [0, 0.05) is 6.42 Å². The lowest BCUT2D eigenvalue weighted by atomic mass is 10.1. The van der Waals surface area contributed by atoms with E-state index in [1.807, 2.05) is 30.3 Å². The fourth-order valence-electron chi connectivity index (χ4n) is 2.79. The van der Waals surface area contributed by atoms with E-state index in [9.17, 15) is 14.4 Å². The first kappa shape index (κ1) is 21.7. The van der Waals surface area contributed by atoms with Gasteiger partial charge in [-0.2, -0.15) is 0 Å². The SMILES string of the molecule is CCOC(=O)c1c(NC(=O)c2cccs2)sc(C(=O)OCCc2ccccc2)c1C. The summed E-state index contributed by atoms with van der Waals surface area (Å²) in [6, 6.07) is 13.1. The monoisotopic (exact) mass is 443 g/mol. The number of hydrogen-bond acceptors (Lipinski definition) is 7. The Bertz CT molecular complexity index is 1030. The summed E-state index contributed by atoms with van der Waals surface area (Å²) in [5.41, 5.74) is 1.68. The minimum atomic E-state index is -0.587. The Hall–Kier alpha value is -2.97. The summed E-state index contributed by atoms with van der Waals surface area (Å²) in [6.07, 6.45) is 0.587. The first-order chi connectivity index (χ1) is 14.5. The third-order valence-electron chi connectivity index (χ3n) is 4.25. The van der Waals surface area contributed by atoms with Crippen molar-refractivity contribution in [3.8, 4) is 0 Å². The van der Waals surface area contributed by atoms with Gasteiger partial charge in [-0.05, 0) is 36.4 Å². The topological polar surface area (TPSA) is 81.7 Å². The molecule has 156 valence electrons. The van der Waals surface area contributed by atoms with E-state index in [2.05, 4.69) is 5.32 Å². The van der Waals surface area contributed by atoms with Crippen LogP contribution in [-0.4, -0.2) is 31.1 Å². The van der Waals surface area contributed by atoms with E-state index in [0.29, 0.717) is 16.9 Å². The summed E-state index contributed by atoms with van der Waals surface area (Å²) in [5, 5.41) is 4.80. The summed E-state index contributed by atoms with van der Waals surface area (Å²) < 4.78 is 10.5. The summed E-state index contributed by atoms with van der Waals surface area (Å²) in [7, 11) is 0. The smallest absolute Gasteiger partial charge is 0.348 e. The van der Waals surface area contributed by atoms with Crippen LogP contribution in [0, 0.1) is 6.92 Å². The number of ether oxygens (including phenoxy) is 2. The number of anilines is 1. The summed E-state index contributed by atoms with van der Waals surface area (Å²) in [4.78, 5) is 38.4. The molecule has 0 aliphatic rings. The number of benzene rings is 1. The zero-order chi connectivity index (χ0) is 21.5. The third kappa shape index (κ3) is 5.14. The van der Waals surface area contributed by atoms with Crippen LogP contribution in [0.3, 0.4) is 0 Å². The minimum Gasteiger partial charge on any atom is -0.462 e. The van der Waals surface area contributed by atoms with Crippen LogP contribution in [0.5, 0.6) is 0 Å². The molecule has 1 N–H and O–H groups in total. The van der Waals surface area contributed by atoms with Crippen molar-refractivity contribution in [3.63, 3.8) is 0 Å². The quantitative estimate of drug-likeness (QED) is 0.498. The van der Waals surface area contributed by atoms with Crippen molar-refractivity contribution in [2.24, 2.45) is 0 Å². The van der Waals surface area contributed by atoms with Crippen molar-refractivity contribution >= 4 is 45.5 Å². The highest BCUT2D eigenvalue weighted by Gasteiger charge is 2.27. The predicted molar refractivity (Wildman–Crippen MR) is 118 cm³/mol. The Morgan fingerprint density at radius 1 is 1.00 bits per heavy atom. The van der Waals surface area contributed by atoms with E-state index in [1.165, 1.54) is 11.3 Å². The second-order valence-electron chi connectivity index (χ2n) is 6.28. The molecule has 0 atom stereocenters. The molecule has 0 unspecified atom stereocenters. The van der Waals surface area contributed by atoms with Crippen molar-refractivity contribution in [2.45, 2.75) is 20.3 Å². The molecular weight excluding hydrogens is 422 g/mol. The van der Waals surface area contributed by atoms with Crippen molar-refractivity contribution < 1.29 is 23.9 Å². The molecule has 0 radical (unpaired) electrons. The van der Waals surface area contributed by atoms with Gasteiger partial charge in [-0.3, -0.25) is 4.79 Å². The molecule has 2 heterocycles. The zero-order valence-corrected chi connectivity index (χ0v) is 18.2. The molecule has 0 aliphatic heterocycles. The van der Waals surface area contributed by atoms with Crippen LogP contribution < -0.4 is 5.32 Å². The molecule has 3 aromatic rings. The number of rotatable bonds is 8. The third-order valence-corrected chi connectivity index (χ3v) is 6.31. The molecule has 2 aromatic heterocycles. The molecule has 0 saturated heterocycles. The lowest BCUT2D eigenvalue weighted by Crippen LogP contribution is -2.14. The molecule has 8 heteroatoms. The van der Waals surface area contributed by atoms with E-state index in [0.717, 1.165) is 16.9 Å². The zero-order valence-electron chi connectivity index (χ0n) is 16.6. The Balaban J connectivity index is 1.78. The molecule has 0 saturated carbocycles. The second kappa shape index (κ2) is 10.2. The summed E-state index contributed by atoms with van der Waals surface area (Å²) in [5.74, 6) is -1.47. The fourth-order valence-corrected chi connectivity index (χ4v) is 4.49. The first-order valence-electron chi connectivity index (χ1n) is 9.37. The lowest BCUT2D eigenvalue weighted by molar-refractivity contribution is 0.0514. The van der Waals surface area contributed by atoms with Crippen molar-refractivity contribution in [3.05, 3.63) is 74.3 Å². The van der Waals surface area contributed by atoms with Gasteiger partial charge >= 0.3 is 11.9 Å². The molecule has 0 aliphatic carbocycles. The number of thiophene rings is 2. The number of nitrogens with one attached hydrogen (secondary N) is 1. The van der Waals surface area contributed by atoms with Gasteiger partial charge in [0.05, 0.1) is 23.7 Å². The highest BCUT2D eigenvalue weighted by Crippen LogP contribution is 2.35. The molecule has 1 amide bonds. The molecule has 0 fully saturated rings. The van der Waals surface area contributed by atoms with Gasteiger partial charge in [-0.15, -0.1) is 22.7 Å². The largest absolute Gasteiger partial charge is 0.462 e. The van der Waals surface area contributed by atoms with Gasteiger partial charge in [0.15, 0.2) is 0 Å². The maximum absolute atomic E-state index is 12.6. The van der Waals surface area contributed by atoms with Crippen molar-refractivity contribution in [2.75, 3.05) is 18.5 Å². The molecule has 1 aromatic carbocycles. The van der Waals surface area contributed by atoms with Crippen LogP contribution in [0.1, 0.15) is 47.8 Å². The van der Waals surface area contributed by atoms with E-state index >= 15 is 0 Å². The van der Waals surface area contributed by atoms with Crippen LogP contribution in [0.2, 0.25) is 0 Å². The van der Waals surface area contributed by atoms with Gasteiger partial charge < -0.3 is 14.8 Å². The highest BCUT2D eigenvalue weighted by atomic mass is 32.1. The number of carbonyl (C=O) groups excluding carboxylic acids is 3. The number of carbonyl (C=O) groups is 3. The predicted octanol–water partition coefficient (Wildman–Crippen LogP) is 4.95. The van der Waals surface area contributed by atoms with E-state index in [-0.39, 0.29) is 34.6 Å². The molecule has 30 heavy (non-hydrogen) atoms. The lowest BCUT2D eigenvalue weighted by Gasteiger charge is -2.06. The van der Waals surface area contributed by atoms with Gasteiger partial charge in [0.2, 0.25) is 0 Å². The Labute approximate surface area is 182 Å². The average molecular weight is 444 g/mol. The summed E-state index contributed by atoms with van der Waals surface area (Å²) in [6.45, 7) is 3.74. The molecule has 6 nitrogen and oxygen atoms in total. The highest BCUT2D eigenvalue weighted by molar-refractivity contribution is 7.19. The molecule has 0 bridgehead atoms. The molecule has 0 spiro atoms. The Kier molecular flexibility index (Phi) is 7.37. The Morgan fingerprint density at radius 3 is 2.43 bits per heavy atom. The fraction of sp³-hybridized carbons (Fsp3) is 0.227. The number of esters is 2. The van der Waals surface area contributed by atoms with Gasteiger partial charge in [-0.25, -0.2) is 9.59 Å². The molecular formula is C22H21NO5S2. The van der Waals surface area contributed by atoms with Crippen LogP contribution >= 0.6 is 22.7 Å². The first-order valence-corrected chi connectivity index (χ1v) is 11.1.